The zero-order valence-corrected chi connectivity index (χ0v) is 14.5. The van der Waals surface area contributed by atoms with Gasteiger partial charge in [0.05, 0.1) is 4.90 Å². The van der Waals surface area contributed by atoms with Crippen molar-refractivity contribution in [3.8, 4) is 0 Å². The van der Waals surface area contributed by atoms with E-state index >= 15 is 0 Å². The summed E-state index contributed by atoms with van der Waals surface area (Å²) < 4.78 is 26.3. The quantitative estimate of drug-likeness (QED) is 0.787. The Morgan fingerprint density at radius 3 is 2.25 bits per heavy atom. The molecule has 0 saturated heterocycles. The summed E-state index contributed by atoms with van der Waals surface area (Å²) in [5.74, 6) is -0.292. The molecule has 1 heterocycles. The molecule has 2 aromatic carbocycles. The minimum Gasteiger partial charge on any atom is -0.378 e. The zero-order valence-electron chi connectivity index (χ0n) is 13.7. The average molecular weight is 342 g/mol. The first-order valence-corrected chi connectivity index (χ1v) is 8.88. The maximum Gasteiger partial charge on any atom is 0.264 e. The highest BCUT2D eigenvalue weighted by Crippen LogP contribution is 2.31. The van der Waals surface area contributed by atoms with Gasteiger partial charge in [0.25, 0.3) is 10.0 Å². The van der Waals surface area contributed by atoms with Crippen molar-refractivity contribution in [2.45, 2.75) is 4.90 Å². The van der Waals surface area contributed by atoms with E-state index < -0.39 is 10.0 Å². The van der Waals surface area contributed by atoms with Crippen LogP contribution >= 0.6 is 0 Å². The minimum atomic E-state index is -3.71. The van der Waals surface area contributed by atoms with Crippen molar-refractivity contribution in [3.05, 3.63) is 65.4 Å². The fourth-order valence-corrected chi connectivity index (χ4v) is 4.00. The maximum absolute atomic E-state index is 12.7. The molecule has 0 N–H and O–H groups in total. The lowest BCUT2D eigenvalue weighted by molar-refractivity contribution is 0.101. The summed E-state index contributed by atoms with van der Waals surface area (Å²) in [6, 6.07) is 13.8. The molecule has 24 heavy (non-hydrogen) atoms. The van der Waals surface area contributed by atoms with E-state index in [1.54, 1.807) is 24.3 Å². The minimum absolute atomic E-state index is 0.0533. The lowest BCUT2D eigenvalue weighted by Crippen LogP contribution is -2.36. The molecular weight excluding hydrogens is 324 g/mol. The largest absolute Gasteiger partial charge is 0.378 e. The van der Waals surface area contributed by atoms with Gasteiger partial charge < -0.3 is 4.90 Å². The smallest absolute Gasteiger partial charge is 0.264 e. The monoisotopic (exact) mass is 342 g/mol. The molecule has 1 aliphatic rings. The van der Waals surface area contributed by atoms with Crippen LogP contribution in [0.4, 0.5) is 5.69 Å². The van der Waals surface area contributed by atoms with Crippen LogP contribution in [-0.4, -0.2) is 39.6 Å². The second-order valence-corrected chi connectivity index (χ2v) is 7.75. The van der Waals surface area contributed by atoms with Crippen molar-refractivity contribution < 1.29 is 13.2 Å². The van der Waals surface area contributed by atoms with Crippen LogP contribution in [0.15, 0.2) is 59.1 Å². The van der Waals surface area contributed by atoms with E-state index in [2.05, 4.69) is 0 Å². The zero-order chi connectivity index (χ0) is 17.5. The van der Waals surface area contributed by atoms with E-state index in [0.29, 0.717) is 0 Å². The van der Waals surface area contributed by atoms with Gasteiger partial charge in [0.1, 0.15) is 5.70 Å². The molecule has 1 aliphatic heterocycles. The second kappa shape index (κ2) is 5.79. The third kappa shape index (κ3) is 2.59. The number of fused-ring (bicyclic) bond motifs is 1. The third-order valence-corrected chi connectivity index (χ3v) is 5.88. The number of likely N-dealkylation sites (N-methyl/N-ethyl adjacent to an activating group) is 1. The summed E-state index contributed by atoms with van der Waals surface area (Å²) in [7, 11) is 1.58. The number of benzene rings is 2. The summed E-state index contributed by atoms with van der Waals surface area (Å²) in [5, 5.41) is 0. The van der Waals surface area contributed by atoms with Crippen LogP contribution < -0.4 is 4.90 Å². The molecule has 3 rings (SSSR count). The Balaban J connectivity index is 2.10. The third-order valence-electron chi connectivity index (χ3n) is 4.05. The Morgan fingerprint density at radius 1 is 1.00 bits per heavy atom. The van der Waals surface area contributed by atoms with Gasteiger partial charge in [-0.25, -0.2) is 8.42 Å². The average Bonchev–Trinajstić information content (AvgIpc) is 2.58. The summed E-state index contributed by atoms with van der Waals surface area (Å²) in [6.45, 7) is 0. The SMILES string of the molecule is CN(C)c1ccc(C=C2C(=O)c3ccccc3S(=O)(=O)N2C)cc1. The molecule has 2 aromatic rings. The van der Waals surface area contributed by atoms with Gasteiger partial charge >= 0.3 is 0 Å². The Morgan fingerprint density at radius 2 is 1.62 bits per heavy atom. The Kier molecular flexibility index (Phi) is 3.93. The summed E-state index contributed by atoms with van der Waals surface area (Å²) in [6.07, 6.45) is 1.61. The molecule has 0 spiro atoms. The van der Waals surface area contributed by atoms with Gasteiger partial charge in [-0.2, -0.15) is 0 Å². The van der Waals surface area contributed by atoms with Crippen LogP contribution in [0.5, 0.6) is 0 Å². The van der Waals surface area contributed by atoms with Gasteiger partial charge in [0.15, 0.2) is 0 Å². The first kappa shape index (κ1) is 16.3. The van der Waals surface area contributed by atoms with Crippen LogP contribution in [0.3, 0.4) is 0 Å². The maximum atomic E-state index is 12.7. The Labute approximate surface area is 141 Å². The van der Waals surface area contributed by atoms with E-state index in [-0.39, 0.29) is 21.9 Å². The van der Waals surface area contributed by atoms with Crippen molar-refractivity contribution in [3.63, 3.8) is 0 Å². The predicted molar refractivity (Wildman–Crippen MR) is 94.5 cm³/mol. The topological polar surface area (TPSA) is 57.7 Å². The van der Waals surface area contributed by atoms with E-state index in [0.717, 1.165) is 15.6 Å². The van der Waals surface area contributed by atoms with Crippen molar-refractivity contribution in [2.75, 3.05) is 26.0 Å². The van der Waals surface area contributed by atoms with Gasteiger partial charge in [0, 0.05) is 32.4 Å². The number of carbonyl (C=O) groups is 1. The van der Waals surface area contributed by atoms with Crippen molar-refractivity contribution >= 4 is 27.6 Å². The number of hydrogen-bond acceptors (Lipinski definition) is 4. The normalized spacial score (nSPS) is 17.7. The first-order chi connectivity index (χ1) is 11.3. The fraction of sp³-hybridized carbons (Fsp3) is 0.167. The number of nitrogens with zero attached hydrogens (tertiary/aromatic N) is 2. The number of carbonyl (C=O) groups excluding carboxylic acids is 1. The molecule has 124 valence electrons. The molecule has 0 fully saturated rings. The number of allylic oxidation sites excluding steroid dienone is 1. The van der Waals surface area contributed by atoms with Gasteiger partial charge in [-0.1, -0.05) is 24.3 Å². The Hall–Kier alpha value is -2.60. The number of rotatable bonds is 2. The molecule has 0 bridgehead atoms. The van der Waals surface area contributed by atoms with Gasteiger partial charge in [0.2, 0.25) is 5.78 Å². The highest BCUT2D eigenvalue weighted by molar-refractivity contribution is 7.89. The lowest BCUT2D eigenvalue weighted by atomic mass is 10.1. The van der Waals surface area contributed by atoms with Crippen LogP contribution in [0.25, 0.3) is 6.08 Å². The number of Topliss-reactive ketones (excluding diaryl/α,β-unsaturated/α-hetero) is 1. The molecule has 0 unspecified atom stereocenters. The fourth-order valence-electron chi connectivity index (χ4n) is 2.62. The number of sulfonamides is 1. The molecular formula is C18H18N2O3S. The van der Waals surface area contributed by atoms with Crippen molar-refractivity contribution in [1.29, 1.82) is 0 Å². The van der Waals surface area contributed by atoms with Crippen LogP contribution in [0, 0.1) is 0 Å². The predicted octanol–water partition coefficient (Wildman–Crippen LogP) is 2.61. The van der Waals surface area contributed by atoms with E-state index in [1.807, 2.05) is 43.3 Å². The molecule has 0 aromatic heterocycles. The molecule has 0 radical (unpaired) electrons. The highest BCUT2D eigenvalue weighted by atomic mass is 32.2. The van der Waals surface area contributed by atoms with Crippen molar-refractivity contribution in [2.24, 2.45) is 0 Å². The molecule has 6 heteroatoms. The molecule has 0 atom stereocenters. The lowest BCUT2D eigenvalue weighted by Gasteiger charge is -2.28. The van der Waals surface area contributed by atoms with Crippen LogP contribution in [0.2, 0.25) is 0 Å². The number of ketones is 1. The standard InChI is InChI=1S/C18H18N2O3S/c1-19(2)14-10-8-13(9-11-14)12-16-18(21)15-6-4-5-7-17(15)24(22,23)20(16)3/h4-12H,1-3H3. The van der Waals surface area contributed by atoms with Crippen LogP contribution in [0.1, 0.15) is 15.9 Å². The van der Waals surface area contributed by atoms with E-state index in [4.69, 9.17) is 0 Å². The van der Waals surface area contributed by atoms with Gasteiger partial charge in [-0.15, -0.1) is 0 Å². The van der Waals surface area contributed by atoms with E-state index in [9.17, 15) is 13.2 Å². The molecule has 5 nitrogen and oxygen atoms in total. The summed E-state index contributed by atoms with van der Waals surface area (Å²) in [4.78, 5) is 14.7. The highest BCUT2D eigenvalue weighted by Gasteiger charge is 2.36. The van der Waals surface area contributed by atoms with Crippen LogP contribution in [-0.2, 0) is 10.0 Å². The summed E-state index contributed by atoms with van der Waals surface area (Å²) >= 11 is 0. The van der Waals surface area contributed by atoms with Gasteiger partial charge in [-0.05, 0) is 35.9 Å². The molecule has 0 aliphatic carbocycles. The second-order valence-electron chi connectivity index (χ2n) is 5.81. The van der Waals surface area contributed by atoms with Gasteiger partial charge in [-0.3, -0.25) is 9.10 Å². The van der Waals surface area contributed by atoms with Crippen molar-refractivity contribution in [1.82, 2.24) is 4.31 Å². The molecule has 0 amide bonds. The Bertz CT molecular complexity index is 929. The molecule has 0 saturated carbocycles. The number of anilines is 1. The number of hydrogen-bond donors (Lipinski definition) is 0. The summed E-state index contributed by atoms with van der Waals surface area (Å²) in [5.41, 5.74) is 2.15. The first-order valence-electron chi connectivity index (χ1n) is 7.44. The van der Waals surface area contributed by atoms with E-state index in [1.165, 1.54) is 13.1 Å².